The van der Waals surface area contributed by atoms with Crippen molar-refractivity contribution in [3.05, 3.63) is 37.0 Å². The lowest BCUT2D eigenvalue weighted by molar-refractivity contribution is 1.23. The first kappa shape index (κ1) is 9.85. The highest BCUT2D eigenvalue weighted by atomic mass is 127. The average molecular weight is 413 g/mol. The smallest absolute Gasteiger partial charge is 0.103 e. The molecule has 0 unspecified atom stereocenters. The van der Waals surface area contributed by atoms with Crippen LogP contribution in [0.15, 0.2) is 29.6 Å². The molecule has 2 rings (SSSR count). The van der Waals surface area contributed by atoms with Crippen LogP contribution in [0.5, 0.6) is 0 Å². The second kappa shape index (κ2) is 4.22. The molecular weight excluding hydrogens is 408 g/mol. The molecule has 66 valence electrons. The van der Waals surface area contributed by atoms with Gasteiger partial charge >= 0.3 is 0 Å². The fourth-order valence-electron chi connectivity index (χ4n) is 1.05. The topological polar surface area (TPSA) is 12.9 Å². The molecule has 0 saturated heterocycles. The Labute approximate surface area is 108 Å². The summed E-state index contributed by atoms with van der Waals surface area (Å²) in [5, 5.41) is 2.09. The fourth-order valence-corrected chi connectivity index (χ4v) is 3.42. The maximum absolute atomic E-state index is 4.32. The SMILES string of the molecule is Ic1cc(-c2cccs2)cc(I)n1. The Morgan fingerprint density at radius 2 is 1.85 bits per heavy atom. The van der Waals surface area contributed by atoms with E-state index in [9.17, 15) is 0 Å². The summed E-state index contributed by atoms with van der Waals surface area (Å²) in [6.45, 7) is 0. The van der Waals surface area contributed by atoms with E-state index in [-0.39, 0.29) is 0 Å². The highest BCUT2D eigenvalue weighted by molar-refractivity contribution is 14.1. The minimum absolute atomic E-state index is 1.05. The summed E-state index contributed by atoms with van der Waals surface area (Å²) in [6.07, 6.45) is 0. The fraction of sp³-hybridized carbons (Fsp3) is 0. The normalized spacial score (nSPS) is 10.3. The van der Waals surface area contributed by atoms with Gasteiger partial charge in [-0.05, 0) is 74.3 Å². The monoisotopic (exact) mass is 413 g/mol. The molecule has 2 aromatic rings. The number of thiophene rings is 1. The summed E-state index contributed by atoms with van der Waals surface area (Å²) in [5.41, 5.74) is 1.26. The van der Waals surface area contributed by atoms with Gasteiger partial charge in [-0.15, -0.1) is 11.3 Å². The van der Waals surface area contributed by atoms with Gasteiger partial charge in [-0.2, -0.15) is 0 Å². The van der Waals surface area contributed by atoms with Crippen molar-refractivity contribution in [1.82, 2.24) is 4.98 Å². The van der Waals surface area contributed by atoms with Crippen LogP contribution in [0.2, 0.25) is 0 Å². The summed E-state index contributed by atoms with van der Waals surface area (Å²) in [7, 11) is 0. The molecule has 0 aliphatic heterocycles. The van der Waals surface area contributed by atoms with E-state index in [0.717, 1.165) is 7.40 Å². The second-order valence-corrected chi connectivity index (χ2v) is 5.64. The van der Waals surface area contributed by atoms with E-state index in [1.165, 1.54) is 10.4 Å². The summed E-state index contributed by atoms with van der Waals surface area (Å²) in [6, 6.07) is 8.41. The van der Waals surface area contributed by atoms with Crippen LogP contribution in [0.1, 0.15) is 0 Å². The minimum atomic E-state index is 1.05. The summed E-state index contributed by atoms with van der Waals surface area (Å²) < 4.78 is 2.10. The van der Waals surface area contributed by atoms with Crippen LogP contribution < -0.4 is 0 Å². The van der Waals surface area contributed by atoms with Crippen LogP contribution >= 0.6 is 56.5 Å². The minimum Gasteiger partial charge on any atom is -0.236 e. The lowest BCUT2D eigenvalue weighted by atomic mass is 10.2. The molecule has 0 aromatic carbocycles. The second-order valence-electron chi connectivity index (χ2n) is 2.48. The molecule has 0 atom stereocenters. The molecule has 0 spiro atoms. The zero-order chi connectivity index (χ0) is 9.26. The van der Waals surface area contributed by atoms with Crippen molar-refractivity contribution < 1.29 is 0 Å². The predicted octanol–water partition coefficient (Wildman–Crippen LogP) is 4.02. The molecule has 0 aliphatic rings. The molecule has 1 nitrogen and oxygen atoms in total. The molecule has 4 heteroatoms. The Morgan fingerprint density at radius 3 is 2.38 bits per heavy atom. The van der Waals surface area contributed by atoms with Gasteiger partial charge in [0.25, 0.3) is 0 Å². The van der Waals surface area contributed by atoms with Crippen LogP contribution in [0.4, 0.5) is 0 Å². The van der Waals surface area contributed by atoms with Gasteiger partial charge in [0.05, 0.1) is 0 Å². The molecule has 0 amide bonds. The van der Waals surface area contributed by atoms with E-state index >= 15 is 0 Å². The molecule has 0 bridgehead atoms. The third-order valence-electron chi connectivity index (χ3n) is 1.57. The predicted molar refractivity (Wildman–Crippen MR) is 73.0 cm³/mol. The first-order chi connectivity index (χ1) is 6.25. The van der Waals surface area contributed by atoms with Crippen LogP contribution in [0, 0.1) is 7.40 Å². The van der Waals surface area contributed by atoms with Crippen molar-refractivity contribution in [1.29, 1.82) is 0 Å². The summed E-state index contributed by atoms with van der Waals surface area (Å²) >= 11 is 6.25. The zero-order valence-electron chi connectivity index (χ0n) is 6.50. The molecule has 0 radical (unpaired) electrons. The first-order valence-corrected chi connectivity index (χ1v) is 6.66. The molecule has 0 aliphatic carbocycles. The molecule has 0 saturated carbocycles. The number of nitrogens with zero attached hydrogens (tertiary/aromatic N) is 1. The lowest BCUT2D eigenvalue weighted by Crippen LogP contribution is -1.85. The van der Waals surface area contributed by atoms with Crippen molar-refractivity contribution in [3.63, 3.8) is 0 Å². The lowest BCUT2D eigenvalue weighted by Gasteiger charge is -1.99. The van der Waals surface area contributed by atoms with Gasteiger partial charge < -0.3 is 0 Å². The highest BCUT2D eigenvalue weighted by Gasteiger charge is 2.01. The van der Waals surface area contributed by atoms with E-state index in [1.807, 2.05) is 0 Å². The number of pyridine rings is 1. The number of rotatable bonds is 1. The van der Waals surface area contributed by atoms with E-state index in [2.05, 4.69) is 79.8 Å². The Kier molecular flexibility index (Phi) is 3.20. The van der Waals surface area contributed by atoms with Crippen molar-refractivity contribution in [3.8, 4) is 10.4 Å². The van der Waals surface area contributed by atoms with Crippen molar-refractivity contribution in [2.45, 2.75) is 0 Å². The summed E-state index contributed by atoms with van der Waals surface area (Å²) in [5.74, 6) is 0. The maximum Gasteiger partial charge on any atom is 0.103 e. The van der Waals surface area contributed by atoms with Crippen molar-refractivity contribution >= 4 is 56.5 Å². The van der Waals surface area contributed by atoms with Gasteiger partial charge in [0.1, 0.15) is 7.40 Å². The number of hydrogen-bond acceptors (Lipinski definition) is 2. The van der Waals surface area contributed by atoms with Crippen LogP contribution in [-0.2, 0) is 0 Å². The first-order valence-electron chi connectivity index (χ1n) is 3.63. The van der Waals surface area contributed by atoms with Gasteiger partial charge in [0.2, 0.25) is 0 Å². The van der Waals surface area contributed by atoms with Crippen LogP contribution in [0.3, 0.4) is 0 Å². The van der Waals surface area contributed by atoms with Crippen molar-refractivity contribution in [2.24, 2.45) is 0 Å². The molecule has 2 heterocycles. The van der Waals surface area contributed by atoms with E-state index in [0.29, 0.717) is 0 Å². The molecule has 0 fully saturated rings. The number of hydrogen-bond donors (Lipinski definition) is 0. The standard InChI is InChI=1S/C9H5I2NS/c10-8-4-6(5-9(11)12-8)7-2-1-3-13-7/h1-5H. The summed E-state index contributed by atoms with van der Waals surface area (Å²) in [4.78, 5) is 5.63. The Morgan fingerprint density at radius 1 is 1.15 bits per heavy atom. The molecular formula is C9H5I2NS. The zero-order valence-corrected chi connectivity index (χ0v) is 11.6. The Balaban J connectivity index is 2.53. The van der Waals surface area contributed by atoms with E-state index < -0.39 is 0 Å². The van der Waals surface area contributed by atoms with Gasteiger partial charge in [-0.3, -0.25) is 0 Å². The van der Waals surface area contributed by atoms with Gasteiger partial charge in [0, 0.05) is 4.88 Å². The molecule has 2 aromatic heterocycles. The molecule has 13 heavy (non-hydrogen) atoms. The Hall–Kier alpha value is 0.310. The number of aromatic nitrogens is 1. The third-order valence-corrected chi connectivity index (χ3v) is 3.59. The van der Waals surface area contributed by atoms with Gasteiger partial charge in [0.15, 0.2) is 0 Å². The molecule has 0 N–H and O–H groups in total. The Bertz CT molecular complexity index is 391. The maximum atomic E-state index is 4.32. The highest BCUT2D eigenvalue weighted by Crippen LogP contribution is 2.26. The van der Waals surface area contributed by atoms with E-state index in [4.69, 9.17) is 0 Å². The quantitative estimate of drug-likeness (QED) is 0.509. The van der Waals surface area contributed by atoms with Gasteiger partial charge in [-0.25, -0.2) is 4.98 Å². The van der Waals surface area contributed by atoms with Crippen LogP contribution in [-0.4, -0.2) is 4.98 Å². The average Bonchev–Trinajstić information content (AvgIpc) is 2.53. The third kappa shape index (κ3) is 2.41. The van der Waals surface area contributed by atoms with Gasteiger partial charge in [-0.1, -0.05) is 6.07 Å². The van der Waals surface area contributed by atoms with Crippen molar-refractivity contribution in [2.75, 3.05) is 0 Å². The number of halogens is 2. The van der Waals surface area contributed by atoms with Crippen LogP contribution in [0.25, 0.3) is 10.4 Å². The van der Waals surface area contributed by atoms with E-state index in [1.54, 1.807) is 11.3 Å². The largest absolute Gasteiger partial charge is 0.236 e.